The number of aromatic nitrogens is 3. The SMILES string of the molecule is COc1ccc(NC(=O)Nc2nc3ccc(Nc4ncnc5cc(OCCCN6CCN(C)CC6)c(OC)cc45)cc3s2)cc1OC. The van der Waals surface area contributed by atoms with Gasteiger partial charge in [0, 0.05) is 61.6 Å². The van der Waals surface area contributed by atoms with Crippen LogP contribution >= 0.6 is 11.3 Å². The van der Waals surface area contributed by atoms with E-state index in [1.54, 1.807) is 39.5 Å². The molecule has 1 fully saturated rings. The number of likely N-dealkylation sites (N-methyl/N-ethyl adjacent to an activating group) is 1. The maximum Gasteiger partial charge on any atom is 0.325 e. The lowest BCUT2D eigenvalue weighted by molar-refractivity contribution is 0.145. The third-order valence-corrected chi connectivity index (χ3v) is 8.84. The Kier molecular flexibility index (Phi) is 10.00. The smallest absolute Gasteiger partial charge is 0.325 e. The van der Waals surface area contributed by atoms with Gasteiger partial charge in [-0.1, -0.05) is 11.3 Å². The average Bonchev–Trinajstić information content (AvgIpc) is 3.48. The fourth-order valence-corrected chi connectivity index (χ4v) is 6.24. The summed E-state index contributed by atoms with van der Waals surface area (Å²) in [4.78, 5) is 31.1. The molecule has 13 nitrogen and oxygen atoms in total. The van der Waals surface area contributed by atoms with Gasteiger partial charge in [0.05, 0.1) is 43.7 Å². The van der Waals surface area contributed by atoms with Gasteiger partial charge in [-0.05, 0) is 49.9 Å². The Morgan fingerprint density at radius 1 is 0.830 bits per heavy atom. The van der Waals surface area contributed by atoms with Crippen LogP contribution < -0.4 is 34.9 Å². The molecule has 0 spiro atoms. The fraction of sp³-hybridized carbons (Fsp3) is 0.333. The normalized spacial score (nSPS) is 13.8. The number of anilines is 4. The van der Waals surface area contributed by atoms with Crippen LogP contribution in [0.15, 0.2) is 54.9 Å². The first-order valence-electron chi connectivity index (χ1n) is 15.3. The summed E-state index contributed by atoms with van der Waals surface area (Å²) in [5.74, 6) is 3.00. The molecular formula is C33H38N8O5S. The Bertz CT molecular complexity index is 1860. The Hall–Kier alpha value is -4.92. The number of thiazole rings is 1. The Balaban J connectivity index is 1.11. The number of amides is 2. The van der Waals surface area contributed by atoms with E-state index in [4.69, 9.17) is 18.9 Å². The van der Waals surface area contributed by atoms with E-state index in [0.717, 1.165) is 66.0 Å². The number of benzene rings is 3. The van der Waals surface area contributed by atoms with Gasteiger partial charge in [0.2, 0.25) is 0 Å². The van der Waals surface area contributed by atoms with Crippen LogP contribution in [0.4, 0.5) is 27.1 Å². The van der Waals surface area contributed by atoms with Crippen molar-refractivity contribution in [2.24, 2.45) is 0 Å². The second-order valence-corrected chi connectivity index (χ2v) is 12.1. The van der Waals surface area contributed by atoms with Crippen molar-refractivity contribution in [3.05, 3.63) is 54.9 Å². The van der Waals surface area contributed by atoms with Crippen LogP contribution in [0.2, 0.25) is 0 Å². The van der Waals surface area contributed by atoms with Gasteiger partial charge in [0.25, 0.3) is 0 Å². The van der Waals surface area contributed by atoms with Gasteiger partial charge in [-0.2, -0.15) is 0 Å². The number of ether oxygens (including phenoxy) is 4. The molecule has 3 heterocycles. The molecule has 0 aliphatic carbocycles. The molecule has 47 heavy (non-hydrogen) atoms. The van der Waals surface area contributed by atoms with Crippen molar-refractivity contribution < 1.29 is 23.7 Å². The molecule has 0 unspecified atom stereocenters. The summed E-state index contributed by atoms with van der Waals surface area (Å²) in [5.41, 5.74) is 2.86. The van der Waals surface area contributed by atoms with Crippen molar-refractivity contribution in [2.45, 2.75) is 6.42 Å². The minimum Gasteiger partial charge on any atom is -0.493 e. The molecule has 0 bridgehead atoms. The number of nitrogens with one attached hydrogen (secondary N) is 3. The molecule has 0 radical (unpaired) electrons. The number of hydrogen-bond donors (Lipinski definition) is 3. The van der Waals surface area contributed by atoms with Crippen molar-refractivity contribution in [2.75, 3.05) is 83.7 Å². The van der Waals surface area contributed by atoms with Gasteiger partial charge < -0.3 is 39.4 Å². The molecule has 2 aromatic heterocycles. The molecule has 6 rings (SSSR count). The third-order valence-electron chi connectivity index (χ3n) is 7.91. The quantitative estimate of drug-likeness (QED) is 0.143. The molecule has 3 N–H and O–H groups in total. The molecule has 1 aliphatic heterocycles. The third kappa shape index (κ3) is 7.73. The highest BCUT2D eigenvalue weighted by Gasteiger charge is 2.16. The number of fused-ring (bicyclic) bond motifs is 2. The summed E-state index contributed by atoms with van der Waals surface area (Å²) in [7, 11) is 6.89. The minimum atomic E-state index is -0.422. The molecular weight excluding hydrogens is 620 g/mol. The van der Waals surface area contributed by atoms with E-state index in [9.17, 15) is 4.79 Å². The first-order valence-corrected chi connectivity index (χ1v) is 16.1. The number of carbonyl (C=O) groups excluding carboxylic acids is 1. The van der Waals surface area contributed by atoms with E-state index in [0.29, 0.717) is 46.2 Å². The van der Waals surface area contributed by atoms with Gasteiger partial charge in [-0.3, -0.25) is 5.32 Å². The molecule has 5 aromatic rings. The van der Waals surface area contributed by atoms with Crippen molar-refractivity contribution in [1.82, 2.24) is 24.8 Å². The number of rotatable bonds is 12. The van der Waals surface area contributed by atoms with Gasteiger partial charge in [-0.25, -0.2) is 19.7 Å². The van der Waals surface area contributed by atoms with Crippen molar-refractivity contribution in [3.63, 3.8) is 0 Å². The number of urea groups is 1. The van der Waals surface area contributed by atoms with E-state index < -0.39 is 6.03 Å². The number of piperazine rings is 1. The standard InChI is InChI=1S/C33H38N8O5S/c1-40-11-13-41(14-12-40)10-5-15-46-29-19-25-23(18-28(29)45-4)31(35-20-34-25)36-22-6-8-24-30(17-22)47-33(38-24)39-32(42)37-21-7-9-26(43-2)27(16-21)44-3/h6-9,16-20H,5,10-15H2,1-4H3,(H,34,35,36)(H2,37,38,39,42). The summed E-state index contributed by atoms with van der Waals surface area (Å²) in [6, 6.07) is 14.3. The predicted molar refractivity (Wildman–Crippen MR) is 185 cm³/mol. The van der Waals surface area contributed by atoms with Gasteiger partial charge in [-0.15, -0.1) is 0 Å². The van der Waals surface area contributed by atoms with Gasteiger partial charge >= 0.3 is 6.03 Å². The zero-order valence-electron chi connectivity index (χ0n) is 26.8. The van der Waals surface area contributed by atoms with Crippen molar-refractivity contribution in [3.8, 4) is 23.0 Å². The molecule has 14 heteroatoms. The lowest BCUT2D eigenvalue weighted by Gasteiger charge is -2.32. The topological polar surface area (TPSA) is 135 Å². The predicted octanol–water partition coefficient (Wildman–Crippen LogP) is 5.67. The van der Waals surface area contributed by atoms with Crippen molar-refractivity contribution >= 4 is 60.8 Å². The molecule has 0 saturated carbocycles. The molecule has 1 aliphatic rings. The van der Waals surface area contributed by atoms with Crippen LogP contribution in [-0.4, -0.2) is 98.5 Å². The summed E-state index contributed by atoms with van der Waals surface area (Å²) in [5, 5.41) is 10.3. The number of nitrogens with zero attached hydrogens (tertiary/aromatic N) is 5. The highest BCUT2D eigenvalue weighted by atomic mass is 32.1. The van der Waals surface area contributed by atoms with Crippen LogP contribution in [0, 0.1) is 0 Å². The summed E-state index contributed by atoms with van der Waals surface area (Å²) in [6.07, 6.45) is 2.46. The first-order chi connectivity index (χ1) is 22.9. The highest BCUT2D eigenvalue weighted by Crippen LogP contribution is 2.36. The van der Waals surface area contributed by atoms with Crippen LogP contribution in [0.1, 0.15) is 6.42 Å². The summed E-state index contributed by atoms with van der Waals surface area (Å²) < 4.78 is 23.3. The van der Waals surface area contributed by atoms with E-state index in [2.05, 4.69) is 47.7 Å². The summed E-state index contributed by atoms with van der Waals surface area (Å²) in [6.45, 7) is 5.99. The second-order valence-electron chi connectivity index (χ2n) is 11.1. The largest absolute Gasteiger partial charge is 0.493 e. The minimum absolute atomic E-state index is 0.422. The number of hydrogen-bond acceptors (Lipinski definition) is 12. The maximum absolute atomic E-state index is 12.7. The summed E-state index contributed by atoms with van der Waals surface area (Å²) >= 11 is 1.36. The lowest BCUT2D eigenvalue weighted by atomic mass is 10.2. The van der Waals surface area contributed by atoms with Crippen LogP contribution in [0.3, 0.4) is 0 Å². The van der Waals surface area contributed by atoms with Crippen molar-refractivity contribution in [1.29, 1.82) is 0 Å². The average molecular weight is 659 g/mol. The highest BCUT2D eigenvalue weighted by molar-refractivity contribution is 7.22. The zero-order valence-corrected chi connectivity index (χ0v) is 27.6. The Morgan fingerprint density at radius 2 is 1.60 bits per heavy atom. The Labute approximate surface area is 276 Å². The van der Waals surface area contributed by atoms with E-state index >= 15 is 0 Å². The fourth-order valence-electron chi connectivity index (χ4n) is 5.34. The van der Waals surface area contributed by atoms with E-state index in [1.807, 2.05) is 30.3 Å². The molecule has 1 saturated heterocycles. The van der Waals surface area contributed by atoms with E-state index in [1.165, 1.54) is 17.7 Å². The lowest BCUT2D eigenvalue weighted by Crippen LogP contribution is -2.44. The monoisotopic (exact) mass is 658 g/mol. The molecule has 0 atom stereocenters. The van der Waals surface area contributed by atoms with E-state index in [-0.39, 0.29) is 0 Å². The molecule has 2 amide bonds. The molecule has 3 aromatic carbocycles. The van der Waals surface area contributed by atoms with Gasteiger partial charge in [0.15, 0.2) is 28.1 Å². The first kappa shape index (κ1) is 32.0. The maximum atomic E-state index is 12.7. The van der Waals surface area contributed by atoms with Crippen LogP contribution in [0.25, 0.3) is 21.1 Å². The van der Waals surface area contributed by atoms with Crippen LogP contribution in [0.5, 0.6) is 23.0 Å². The number of methoxy groups -OCH3 is 3. The Morgan fingerprint density at radius 3 is 2.38 bits per heavy atom. The second kappa shape index (κ2) is 14.7. The van der Waals surface area contributed by atoms with Gasteiger partial charge in [0.1, 0.15) is 12.1 Å². The molecule has 246 valence electrons. The number of carbonyl (C=O) groups is 1. The van der Waals surface area contributed by atoms with Crippen LogP contribution in [-0.2, 0) is 0 Å². The zero-order chi connectivity index (χ0) is 32.8.